The van der Waals surface area contributed by atoms with Gasteiger partial charge in [0.1, 0.15) is 16.5 Å². The molecule has 0 saturated heterocycles. The molecule has 8 aromatic rings. The summed E-state index contributed by atoms with van der Waals surface area (Å²) in [5, 5.41) is 7.76. The lowest BCUT2D eigenvalue weighted by molar-refractivity contribution is 0.494. The summed E-state index contributed by atoms with van der Waals surface area (Å²) in [6.07, 6.45) is 3.79. The van der Waals surface area contributed by atoms with Crippen molar-refractivity contribution in [2.45, 2.75) is 0 Å². The Morgan fingerprint density at radius 2 is 1.30 bits per heavy atom. The van der Waals surface area contributed by atoms with Crippen LogP contribution in [0.5, 0.6) is 11.5 Å². The molecule has 0 bridgehead atoms. The topological polar surface area (TPSA) is 35.0 Å². The highest BCUT2D eigenvalue weighted by Gasteiger charge is 2.17. The first-order valence-corrected chi connectivity index (χ1v) is 14.0. The number of hydrogen-bond acceptors (Lipinski definition) is 4. The van der Waals surface area contributed by atoms with Gasteiger partial charge < -0.3 is 4.74 Å². The number of pyridine rings is 1. The molecule has 0 saturated carbocycles. The zero-order valence-corrected chi connectivity index (χ0v) is 22.2. The number of hydrogen-bond donors (Lipinski definition) is 0. The maximum atomic E-state index is 6.67. The maximum absolute atomic E-state index is 6.67. The van der Waals surface area contributed by atoms with Crippen LogP contribution in [0.3, 0.4) is 0 Å². The predicted molar refractivity (Wildman–Crippen MR) is 167 cm³/mol. The Kier molecular flexibility index (Phi) is 5.32. The van der Waals surface area contributed by atoms with Gasteiger partial charge in [0.25, 0.3) is 0 Å². The summed E-state index contributed by atoms with van der Waals surface area (Å²) in [7, 11) is 0. The van der Waals surface area contributed by atoms with Crippen LogP contribution in [0, 0.1) is 0 Å². The Morgan fingerprint density at radius 1 is 0.575 bits per heavy atom. The van der Waals surface area contributed by atoms with E-state index >= 15 is 0 Å². The third-order valence-electron chi connectivity index (χ3n) is 7.43. The second-order valence-electron chi connectivity index (χ2n) is 9.85. The highest BCUT2D eigenvalue weighted by atomic mass is 32.1. The molecule has 0 unspecified atom stereocenters. The van der Waals surface area contributed by atoms with Gasteiger partial charge in [0, 0.05) is 34.1 Å². The van der Waals surface area contributed by atoms with Crippen molar-refractivity contribution in [3.05, 3.63) is 134 Å². The molecular weight excluding hydrogens is 508 g/mol. The molecule has 6 aromatic carbocycles. The molecule has 0 atom stereocenters. The molecule has 4 heteroatoms. The molecule has 0 aliphatic carbocycles. The zero-order chi connectivity index (χ0) is 26.5. The van der Waals surface area contributed by atoms with E-state index in [1.165, 1.54) is 26.6 Å². The van der Waals surface area contributed by atoms with Gasteiger partial charge >= 0.3 is 0 Å². The minimum atomic E-state index is 0.784. The van der Waals surface area contributed by atoms with Gasteiger partial charge in [-0.1, -0.05) is 72.8 Å². The molecule has 40 heavy (non-hydrogen) atoms. The number of nitrogens with zero attached hydrogens (tertiary/aromatic N) is 2. The lowest BCUT2D eigenvalue weighted by atomic mass is 9.91. The summed E-state index contributed by atoms with van der Waals surface area (Å²) < 4.78 is 7.86. The first-order valence-electron chi connectivity index (χ1n) is 13.2. The summed E-state index contributed by atoms with van der Waals surface area (Å²) in [6.45, 7) is 0. The number of rotatable bonds is 4. The van der Waals surface area contributed by atoms with Gasteiger partial charge in [-0.05, 0) is 75.8 Å². The van der Waals surface area contributed by atoms with Gasteiger partial charge in [-0.3, -0.25) is 4.98 Å². The molecule has 0 aliphatic rings. The number of aromatic nitrogens is 2. The largest absolute Gasteiger partial charge is 0.456 e. The van der Waals surface area contributed by atoms with E-state index in [4.69, 9.17) is 9.72 Å². The molecule has 8 rings (SSSR count). The van der Waals surface area contributed by atoms with Crippen LogP contribution < -0.4 is 4.74 Å². The Bertz CT molecular complexity index is 2110. The van der Waals surface area contributed by atoms with Crippen LogP contribution in [0.1, 0.15) is 0 Å². The predicted octanol–water partition coefficient (Wildman–Crippen LogP) is 10.3. The smallest absolute Gasteiger partial charge is 0.143 e. The zero-order valence-electron chi connectivity index (χ0n) is 21.4. The fourth-order valence-corrected chi connectivity index (χ4v) is 6.50. The third kappa shape index (κ3) is 3.81. The summed E-state index contributed by atoms with van der Waals surface area (Å²) in [5.74, 6) is 1.62. The van der Waals surface area contributed by atoms with Gasteiger partial charge in [-0.15, -0.1) is 11.3 Å². The van der Waals surface area contributed by atoms with E-state index in [2.05, 4.69) is 108 Å². The van der Waals surface area contributed by atoms with E-state index in [0.29, 0.717) is 0 Å². The molecule has 188 valence electrons. The Morgan fingerprint density at radius 3 is 2.17 bits per heavy atom. The summed E-state index contributed by atoms with van der Waals surface area (Å²) >= 11 is 1.71. The molecular formula is C36H22N2OS. The lowest BCUT2D eigenvalue weighted by Crippen LogP contribution is -1.93. The van der Waals surface area contributed by atoms with E-state index in [-0.39, 0.29) is 0 Å². The number of fused-ring (bicyclic) bond motifs is 4. The van der Waals surface area contributed by atoms with E-state index < -0.39 is 0 Å². The highest BCUT2D eigenvalue weighted by molar-refractivity contribution is 7.21. The van der Waals surface area contributed by atoms with Crippen LogP contribution in [0.2, 0.25) is 0 Å². The van der Waals surface area contributed by atoms with Gasteiger partial charge in [-0.2, -0.15) is 0 Å². The Balaban J connectivity index is 1.26. The molecule has 0 fully saturated rings. The number of para-hydroxylation sites is 1. The van der Waals surface area contributed by atoms with E-state index in [0.717, 1.165) is 49.1 Å². The summed E-state index contributed by atoms with van der Waals surface area (Å²) in [5.41, 5.74) is 4.45. The third-order valence-corrected chi connectivity index (χ3v) is 8.51. The second-order valence-corrected chi connectivity index (χ2v) is 10.9. The number of ether oxygens (including phenoxy) is 1. The van der Waals surface area contributed by atoms with Crippen LogP contribution >= 0.6 is 11.3 Å². The van der Waals surface area contributed by atoms with E-state index in [9.17, 15) is 0 Å². The van der Waals surface area contributed by atoms with Crippen molar-refractivity contribution in [3.63, 3.8) is 0 Å². The molecule has 0 amide bonds. The van der Waals surface area contributed by atoms with Crippen molar-refractivity contribution >= 4 is 53.9 Å². The first kappa shape index (κ1) is 22.9. The first-order chi connectivity index (χ1) is 19.8. The minimum absolute atomic E-state index is 0.784. The van der Waals surface area contributed by atoms with E-state index in [1.54, 1.807) is 11.3 Å². The molecule has 0 aliphatic heterocycles. The van der Waals surface area contributed by atoms with Crippen LogP contribution in [0.15, 0.2) is 134 Å². The van der Waals surface area contributed by atoms with Gasteiger partial charge in [0.15, 0.2) is 0 Å². The molecule has 0 radical (unpaired) electrons. The van der Waals surface area contributed by atoms with Crippen LogP contribution in [0.4, 0.5) is 0 Å². The number of thiazole rings is 1. The minimum Gasteiger partial charge on any atom is -0.456 e. The molecule has 0 spiro atoms. The SMILES string of the molecule is c1ccc2cc(-c3c4ccccc4c(Oc4ccc(-c5nc6ccccc6s5)cc4)c4ccncc34)ccc2c1. The Hall–Kier alpha value is -5.06. The van der Waals surface area contributed by atoms with E-state index in [1.807, 2.05) is 30.6 Å². The molecule has 3 nitrogen and oxygen atoms in total. The van der Waals surface area contributed by atoms with Crippen LogP contribution in [0.25, 0.3) is 64.2 Å². The summed E-state index contributed by atoms with van der Waals surface area (Å²) in [4.78, 5) is 9.32. The fourth-order valence-electron chi connectivity index (χ4n) is 5.53. The van der Waals surface area contributed by atoms with Gasteiger partial charge in [-0.25, -0.2) is 4.98 Å². The van der Waals surface area contributed by atoms with Crippen molar-refractivity contribution in [1.29, 1.82) is 0 Å². The van der Waals surface area contributed by atoms with Crippen molar-refractivity contribution in [1.82, 2.24) is 9.97 Å². The monoisotopic (exact) mass is 530 g/mol. The normalized spacial score (nSPS) is 11.5. The fraction of sp³-hybridized carbons (Fsp3) is 0. The van der Waals surface area contributed by atoms with Gasteiger partial charge in [0.05, 0.1) is 10.2 Å². The highest BCUT2D eigenvalue weighted by Crippen LogP contribution is 2.45. The van der Waals surface area contributed by atoms with Crippen molar-refractivity contribution < 1.29 is 4.74 Å². The van der Waals surface area contributed by atoms with Crippen LogP contribution in [-0.4, -0.2) is 9.97 Å². The Labute approximate surface area is 235 Å². The standard InChI is InChI=1S/C36H22N2OS/c1-2-8-25-21-26(14-13-23(25)7-1)34-28-9-3-4-10-29(28)35(30-19-20-37-22-31(30)34)39-27-17-15-24(16-18-27)36-38-32-11-5-6-12-33(32)40-36/h1-22H. The van der Waals surface area contributed by atoms with Crippen LogP contribution in [-0.2, 0) is 0 Å². The summed E-state index contributed by atoms with van der Waals surface area (Å²) in [6, 6.07) is 42.2. The maximum Gasteiger partial charge on any atom is 0.143 e. The second kappa shape index (κ2) is 9.30. The lowest BCUT2D eigenvalue weighted by Gasteiger charge is -2.17. The number of benzene rings is 6. The molecule has 2 heterocycles. The average molecular weight is 531 g/mol. The average Bonchev–Trinajstić information content (AvgIpc) is 3.46. The van der Waals surface area contributed by atoms with Gasteiger partial charge in [0.2, 0.25) is 0 Å². The van der Waals surface area contributed by atoms with Crippen molar-refractivity contribution in [2.24, 2.45) is 0 Å². The molecule has 2 aromatic heterocycles. The van der Waals surface area contributed by atoms with Crippen molar-refractivity contribution in [3.8, 4) is 33.2 Å². The quantitative estimate of drug-likeness (QED) is 0.212. The van der Waals surface area contributed by atoms with Crippen molar-refractivity contribution in [2.75, 3.05) is 0 Å². The molecule has 0 N–H and O–H groups in total.